The molecule has 5 rings (SSSR count). The van der Waals surface area contributed by atoms with E-state index in [-0.39, 0.29) is 43.1 Å². The highest BCUT2D eigenvalue weighted by atomic mass is 16.6. The van der Waals surface area contributed by atoms with Crippen LogP contribution in [0, 0.1) is 0 Å². The number of hydrogen-bond donors (Lipinski definition) is 0. The van der Waals surface area contributed by atoms with Crippen LogP contribution in [0.25, 0.3) is 17.2 Å². The van der Waals surface area contributed by atoms with E-state index in [2.05, 4.69) is 6.58 Å². The molecule has 2 aliphatic rings. The van der Waals surface area contributed by atoms with Gasteiger partial charge in [-0.3, -0.25) is 19.3 Å². The van der Waals surface area contributed by atoms with Crippen molar-refractivity contribution in [3.63, 3.8) is 0 Å². The molecule has 0 atom stereocenters. The second-order valence-corrected chi connectivity index (χ2v) is 12.6. The largest absolute Gasteiger partial charge is 0.494 e. The van der Waals surface area contributed by atoms with Crippen molar-refractivity contribution in [1.82, 2.24) is 4.90 Å². The second-order valence-electron chi connectivity index (χ2n) is 12.6. The van der Waals surface area contributed by atoms with E-state index in [1.165, 1.54) is 23.1 Å². The first-order chi connectivity index (χ1) is 25.7. The summed E-state index contributed by atoms with van der Waals surface area (Å²) in [5.74, 6) is -0.503. The van der Waals surface area contributed by atoms with E-state index in [1.54, 1.807) is 42.5 Å². The Balaban J connectivity index is 0.960. The summed E-state index contributed by atoms with van der Waals surface area (Å²) in [4.78, 5) is 61.1. The van der Waals surface area contributed by atoms with Gasteiger partial charge in [0, 0.05) is 30.3 Å². The maximum atomic E-state index is 12.4. The molecule has 0 saturated heterocycles. The summed E-state index contributed by atoms with van der Waals surface area (Å²) < 4.78 is 27.5. The molecule has 53 heavy (non-hydrogen) atoms. The number of amides is 2. The molecule has 1 fully saturated rings. The van der Waals surface area contributed by atoms with Crippen LogP contribution < -0.4 is 14.2 Å². The SMILES string of the molecule is C=C(CC(=O)OC1CCCCC1)C(=O)OCCOc1ccc(-c2ccc(OC(=O)/C=C/c3ccc(OCCCCN4C(=O)C=CC4=O)cc3)cc2)cc1. The summed E-state index contributed by atoms with van der Waals surface area (Å²) in [6.45, 7) is 4.62. The number of benzene rings is 3. The van der Waals surface area contributed by atoms with Crippen LogP contribution in [0.4, 0.5) is 0 Å². The number of nitrogens with zero attached hydrogens (tertiary/aromatic N) is 1. The van der Waals surface area contributed by atoms with E-state index in [4.69, 9.17) is 23.7 Å². The lowest BCUT2D eigenvalue weighted by Crippen LogP contribution is -2.31. The number of unbranched alkanes of at least 4 members (excludes halogenated alkanes) is 1. The molecule has 2 amide bonds. The van der Waals surface area contributed by atoms with Gasteiger partial charge in [-0.15, -0.1) is 0 Å². The predicted octanol–water partition coefficient (Wildman–Crippen LogP) is 6.80. The first-order valence-corrected chi connectivity index (χ1v) is 17.8. The molecule has 11 nitrogen and oxygen atoms in total. The molecule has 1 aliphatic heterocycles. The third-order valence-corrected chi connectivity index (χ3v) is 8.58. The van der Waals surface area contributed by atoms with Crippen LogP contribution in [0.5, 0.6) is 17.2 Å². The Kier molecular flexibility index (Phi) is 14.1. The van der Waals surface area contributed by atoms with Crippen LogP contribution in [0.1, 0.15) is 56.9 Å². The summed E-state index contributed by atoms with van der Waals surface area (Å²) in [5.41, 5.74) is 2.69. The number of hydrogen-bond acceptors (Lipinski definition) is 10. The number of carbonyl (C=O) groups is 5. The molecule has 3 aromatic rings. The molecule has 1 heterocycles. The Morgan fingerprint density at radius 2 is 1.30 bits per heavy atom. The normalized spacial score (nSPS) is 14.3. The molecule has 1 aliphatic carbocycles. The quantitative estimate of drug-likeness (QED) is 0.0454. The highest BCUT2D eigenvalue weighted by Gasteiger charge is 2.22. The van der Waals surface area contributed by atoms with E-state index < -0.39 is 17.9 Å². The van der Waals surface area contributed by atoms with Crippen LogP contribution >= 0.6 is 0 Å². The Morgan fingerprint density at radius 1 is 0.717 bits per heavy atom. The van der Waals surface area contributed by atoms with Gasteiger partial charge in [0.2, 0.25) is 0 Å². The van der Waals surface area contributed by atoms with Crippen molar-refractivity contribution in [1.29, 1.82) is 0 Å². The Labute approximate surface area is 308 Å². The van der Waals surface area contributed by atoms with Crippen molar-refractivity contribution in [2.45, 2.75) is 57.5 Å². The van der Waals surface area contributed by atoms with Gasteiger partial charge in [0.25, 0.3) is 11.8 Å². The molecular formula is C42H43NO10. The topological polar surface area (TPSA) is 135 Å². The van der Waals surface area contributed by atoms with Crippen LogP contribution in [0.3, 0.4) is 0 Å². The summed E-state index contributed by atoms with van der Waals surface area (Å²) in [6, 6.07) is 21.8. The zero-order valence-electron chi connectivity index (χ0n) is 29.5. The highest BCUT2D eigenvalue weighted by molar-refractivity contribution is 6.12. The van der Waals surface area contributed by atoms with Gasteiger partial charge in [0.1, 0.15) is 36.6 Å². The molecule has 0 spiro atoms. The molecular weight excluding hydrogens is 678 g/mol. The lowest BCUT2D eigenvalue weighted by molar-refractivity contribution is -0.151. The van der Waals surface area contributed by atoms with Crippen LogP contribution in [0.2, 0.25) is 0 Å². The number of rotatable bonds is 18. The molecule has 0 bridgehead atoms. The summed E-state index contributed by atoms with van der Waals surface area (Å²) in [7, 11) is 0. The van der Waals surface area contributed by atoms with Gasteiger partial charge in [0.15, 0.2) is 0 Å². The average Bonchev–Trinajstić information content (AvgIpc) is 3.49. The minimum Gasteiger partial charge on any atom is -0.494 e. The Morgan fingerprint density at radius 3 is 1.94 bits per heavy atom. The van der Waals surface area contributed by atoms with Gasteiger partial charge in [-0.05, 0) is 97.7 Å². The molecule has 11 heteroatoms. The van der Waals surface area contributed by atoms with Crippen LogP contribution in [-0.4, -0.2) is 67.1 Å². The van der Waals surface area contributed by atoms with Crippen molar-refractivity contribution in [2.75, 3.05) is 26.4 Å². The molecule has 0 aromatic heterocycles. The molecule has 0 N–H and O–H groups in total. The summed E-state index contributed by atoms with van der Waals surface area (Å²) in [5, 5.41) is 0. The fourth-order valence-corrected chi connectivity index (χ4v) is 5.72. The number of imide groups is 1. The van der Waals surface area contributed by atoms with Gasteiger partial charge in [-0.25, -0.2) is 9.59 Å². The van der Waals surface area contributed by atoms with E-state index >= 15 is 0 Å². The maximum Gasteiger partial charge on any atom is 0.336 e. The average molecular weight is 722 g/mol. The number of carbonyl (C=O) groups excluding carboxylic acids is 5. The molecule has 0 unspecified atom stereocenters. The third-order valence-electron chi connectivity index (χ3n) is 8.58. The highest BCUT2D eigenvalue weighted by Crippen LogP contribution is 2.25. The fourth-order valence-electron chi connectivity index (χ4n) is 5.72. The van der Waals surface area contributed by atoms with Gasteiger partial charge < -0.3 is 23.7 Å². The molecule has 3 aromatic carbocycles. The molecule has 0 radical (unpaired) electrons. The van der Waals surface area contributed by atoms with Gasteiger partial charge in [-0.1, -0.05) is 49.4 Å². The smallest absolute Gasteiger partial charge is 0.336 e. The van der Waals surface area contributed by atoms with Gasteiger partial charge in [-0.2, -0.15) is 0 Å². The lowest BCUT2D eigenvalue weighted by Gasteiger charge is -2.21. The van der Waals surface area contributed by atoms with E-state index in [1.807, 2.05) is 36.4 Å². The Hall–Kier alpha value is -5.97. The predicted molar refractivity (Wildman–Crippen MR) is 197 cm³/mol. The minimum atomic E-state index is -0.649. The second kappa shape index (κ2) is 19.6. The maximum absolute atomic E-state index is 12.4. The monoisotopic (exact) mass is 721 g/mol. The van der Waals surface area contributed by atoms with Crippen molar-refractivity contribution < 1.29 is 47.7 Å². The van der Waals surface area contributed by atoms with Crippen molar-refractivity contribution in [2.24, 2.45) is 0 Å². The first-order valence-electron chi connectivity index (χ1n) is 17.8. The molecule has 276 valence electrons. The summed E-state index contributed by atoms with van der Waals surface area (Å²) in [6.07, 6.45) is 11.6. The van der Waals surface area contributed by atoms with Crippen molar-refractivity contribution in [3.8, 4) is 28.4 Å². The van der Waals surface area contributed by atoms with Gasteiger partial charge in [0.05, 0.1) is 13.0 Å². The Bertz CT molecular complexity index is 1790. The van der Waals surface area contributed by atoms with Crippen molar-refractivity contribution in [3.05, 3.63) is 109 Å². The van der Waals surface area contributed by atoms with Crippen molar-refractivity contribution >= 4 is 35.8 Å². The van der Waals surface area contributed by atoms with E-state index in [9.17, 15) is 24.0 Å². The number of ether oxygens (including phenoxy) is 5. The minimum absolute atomic E-state index is 0.00396. The summed E-state index contributed by atoms with van der Waals surface area (Å²) >= 11 is 0. The first kappa shape index (κ1) is 38.3. The number of esters is 3. The zero-order valence-corrected chi connectivity index (χ0v) is 29.5. The molecule has 1 saturated carbocycles. The lowest BCUT2D eigenvalue weighted by atomic mass is 9.98. The van der Waals surface area contributed by atoms with Gasteiger partial charge >= 0.3 is 17.9 Å². The zero-order chi connectivity index (χ0) is 37.4. The van der Waals surface area contributed by atoms with Crippen LogP contribution in [-0.2, 0) is 33.4 Å². The van der Waals surface area contributed by atoms with E-state index in [0.29, 0.717) is 43.2 Å². The fraction of sp³-hybridized carbons (Fsp3) is 0.310. The standard InChI is InChI=1S/C42H43NO10/c1-30(29-41(47)53-36-7-3-2-4-8-36)42(48)51-28-27-50-35-18-12-32(13-19-35)33-14-20-37(21-15-33)52-40(46)24-11-31-9-16-34(17-10-31)49-26-6-5-25-43-38(44)22-23-39(43)45/h9-24,36H,1-8,25-29H2/b24-11+. The van der Waals surface area contributed by atoms with Crippen LogP contribution in [0.15, 0.2) is 103 Å². The third kappa shape index (κ3) is 12.3. The van der Waals surface area contributed by atoms with E-state index in [0.717, 1.165) is 48.8 Å².